The van der Waals surface area contributed by atoms with Crippen molar-refractivity contribution < 1.29 is 0 Å². The summed E-state index contributed by atoms with van der Waals surface area (Å²) in [5, 5.41) is 5.18. The Morgan fingerprint density at radius 2 is 0.957 bits per heavy atom. The van der Waals surface area contributed by atoms with Crippen LogP contribution in [0.3, 0.4) is 0 Å². The van der Waals surface area contributed by atoms with Crippen molar-refractivity contribution in [2.75, 3.05) is 4.90 Å². The van der Waals surface area contributed by atoms with Gasteiger partial charge in [-0.15, -0.1) is 11.3 Å². The molecule has 2 nitrogen and oxygen atoms in total. The number of hydrogen-bond acceptors (Lipinski definition) is 2. The zero-order chi connectivity index (χ0) is 46.2. The molecule has 3 heteroatoms. The molecule has 0 N–H and O–H groups in total. The molecule has 0 saturated carbocycles. The molecule has 2 heterocycles. The zero-order valence-corrected chi connectivity index (χ0v) is 39.9. The molecule has 0 saturated heterocycles. The van der Waals surface area contributed by atoms with Gasteiger partial charge in [0.15, 0.2) is 0 Å². The smallest absolute Gasteiger partial charge is 0.0544 e. The zero-order valence-electron chi connectivity index (χ0n) is 39.1. The van der Waals surface area contributed by atoms with Crippen molar-refractivity contribution in [3.8, 4) is 50.2 Å². The van der Waals surface area contributed by atoms with Crippen molar-refractivity contribution >= 4 is 70.4 Å². The van der Waals surface area contributed by atoms with E-state index in [1.54, 1.807) is 0 Å². The summed E-state index contributed by atoms with van der Waals surface area (Å²) in [5.41, 5.74) is 22.5. The van der Waals surface area contributed by atoms with Crippen LogP contribution in [0.25, 0.3) is 92.2 Å². The van der Waals surface area contributed by atoms with Gasteiger partial charge in [0.25, 0.3) is 0 Å². The highest BCUT2D eigenvalue weighted by Gasteiger charge is 2.38. The Labute approximate surface area is 407 Å². The molecule has 0 atom stereocenters. The predicted octanol–water partition coefficient (Wildman–Crippen LogP) is 18.6. The van der Waals surface area contributed by atoms with Crippen molar-refractivity contribution in [2.24, 2.45) is 0 Å². The molecule has 0 amide bonds. The number of benzene rings is 10. The summed E-state index contributed by atoms with van der Waals surface area (Å²) in [6.45, 7) is 9.47. The molecule has 0 bridgehead atoms. The number of aromatic nitrogens is 1. The van der Waals surface area contributed by atoms with Gasteiger partial charge < -0.3 is 9.47 Å². The van der Waals surface area contributed by atoms with E-state index >= 15 is 0 Å². The van der Waals surface area contributed by atoms with Crippen LogP contribution in [0.4, 0.5) is 17.1 Å². The summed E-state index contributed by atoms with van der Waals surface area (Å²) < 4.78 is 5.12. The van der Waals surface area contributed by atoms with Gasteiger partial charge in [-0.25, -0.2) is 0 Å². The van der Waals surface area contributed by atoms with Crippen molar-refractivity contribution in [1.29, 1.82) is 0 Å². The third-order valence-electron chi connectivity index (χ3n) is 15.6. The molecule has 0 unspecified atom stereocenters. The Morgan fingerprint density at radius 1 is 0.377 bits per heavy atom. The number of para-hydroxylation sites is 1. The van der Waals surface area contributed by atoms with Crippen LogP contribution >= 0.6 is 11.3 Å². The van der Waals surface area contributed by atoms with Gasteiger partial charge in [-0.3, -0.25) is 0 Å². The summed E-state index contributed by atoms with van der Waals surface area (Å²) in [7, 11) is 0. The number of nitrogens with zero attached hydrogens (tertiary/aromatic N) is 2. The van der Waals surface area contributed by atoms with Crippen molar-refractivity contribution in [3.63, 3.8) is 0 Å². The summed E-state index contributed by atoms with van der Waals surface area (Å²) in [6, 6.07) is 81.7. The van der Waals surface area contributed by atoms with E-state index in [-0.39, 0.29) is 10.8 Å². The largest absolute Gasteiger partial charge is 0.310 e. The number of hydrogen-bond donors (Lipinski definition) is 0. The van der Waals surface area contributed by atoms with Gasteiger partial charge in [0.05, 0.1) is 16.7 Å². The van der Waals surface area contributed by atoms with Gasteiger partial charge in [-0.2, -0.15) is 0 Å². The third-order valence-corrected chi connectivity index (χ3v) is 16.8. The maximum absolute atomic E-state index is 2.47. The first-order valence-electron chi connectivity index (χ1n) is 24.2. The molecular formula is C66H48N2S. The minimum atomic E-state index is -0.119. The molecule has 0 fully saturated rings. The molecule has 69 heavy (non-hydrogen) atoms. The average Bonchev–Trinajstić information content (AvgIpc) is 4.07. The van der Waals surface area contributed by atoms with E-state index in [1.165, 1.54) is 120 Å². The lowest BCUT2D eigenvalue weighted by atomic mass is 9.82. The Morgan fingerprint density at radius 3 is 1.74 bits per heavy atom. The minimum Gasteiger partial charge on any atom is -0.310 e. The van der Waals surface area contributed by atoms with E-state index in [0.29, 0.717) is 0 Å². The maximum Gasteiger partial charge on any atom is 0.0544 e. The molecule has 10 aromatic carbocycles. The fourth-order valence-corrected chi connectivity index (χ4v) is 13.4. The van der Waals surface area contributed by atoms with Crippen LogP contribution in [0.2, 0.25) is 0 Å². The number of rotatable bonds is 6. The van der Waals surface area contributed by atoms with Gasteiger partial charge in [0.1, 0.15) is 0 Å². The summed E-state index contributed by atoms with van der Waals surface area (Å²) in [5.74, 6) is 0. The fourth-order valence-electron chi connectivity index (χ4n) is 12.2. The Bertz CT molecular complexity index is 4050. The Kier molecular flexibility index (Phi) is 8.58. The summed E-state index contributed by atoms with van der Waals surface area (Å²) in [4.78, 5) is 2.47. The second-order valence-corrected chi connectivity index (χ2v) is 21.1. The first-order valence-corrected chi connectivity index (χ1v) is 25.0. The monoisotopic (exact) mass is 900 g/mol. The molecule has 0 aliphatic heterocycles. The predicted molar refractivity (Wildman–Crippen MR) is 294 cm³/mol. The quantitative estimate of drug-likeness (QED) is 0.161. The van der Waals surface area contributed by atoms with Gasteiger partial charge in [-0.05, 0) is 134 Å². The molecular weight excluding hydrogens is 853 g/mol. The first kappa shape index (κ1) is 40.1. The van der Waals surface area contributed by atoms with Gasteiger partial charge in [0.2, 0.25) is 0 Å². The van der Waals surface area contributed by atoms with Gasteiger partial charge in [-0.1, -0.05) is 173 Å². The number of anilines is 3. The first-order chi connectivity index (χ1) is 33.7. The highest BCUT2D eigenvalue weighted by atomic mass is 32.1. The number of fused-ring (bicyclic) bond motifs is 12. The lowest BCUT2D eigenvalue weighted by Crippen LogP contribution is -2.16. The lowest BCUT2D eigenvalue weighted by molar-refractivity contribution is 0.660. The van der Waals surface area contributed by atoms with Crippen LogP contribution in [0.5, 0.6) is 0 Å². The molecule has 0 radical (unpaired) electrons. The second-order valence-electron chi connectivity index (χ2n) is 20.1. The van der Waals surface area contributed by atoms with Crippen LogP contribution in [0.1, 0.15) is 49.9 Å². The van der Waals surface area contributed by atoms with E-state index in [2.05, 4.69) is 256 Å². The van der Waals surface area contributed by atoms with Crippen LogP contribution in [0.15, 0.2) is 218 Å². The number of thiophene rings is 1. The van der Waals surface area contributed by atoms with Crippen molar-refractivity contribution in [2.45, 2.75) is 38.5 Å². The second kappa shape index (κ2) is 14.8. The normalized spacial score (nSPS) is 14.0. The van der Waals surface area contributed by atoms with Crippen LogP contribution in [-0.2, 0) is 10.8 Å². The van der Waals surface area contributed by atoms with Gasteiger partial charge in [0, 0.05) is 64.4 Å². The summed E-state index contributed by atoms with van der Waals surface area (Å²) >= 11 is 1.88. The van der Waals surface area contributed by atoms with Crippen LogP contribution in [-0.4, -0.2) is 4.57 Å². The molecule has 14 rings (SSSR count). The molecule has 328 valence electrons. The molecule has 12 aromatic rings. The minimum absolute atomic E-state index is 0.0886. The van der Waals surface area contributed by atoms with E-state index in [0.717, 1.165) is 11.4 Å². The van der Waals surface area contributed by atoms with Crippen molar-refractivity contribution in [1.82, 2.24) is 4.57 Å². The SMILES string of the molecule is CC1(C)c2ccccc2-c2cc3c4cc(-c5ccc(N(c6ccc(-c7cccc8c7sc7ccccc78)cc6)c6cccc7c6-c6ccccc6C7(C)C)cc5)ccc4n(-c4ccccc4)c3cc21. The summed E-state index contributed by atoms with van der Waals surface area (Å²) in [6.07, 6.45) is 0. The van der Waals surface area contributed by atoms with E-state index < -0.39 is 0 Å². The highest BCUT2D eigenvalue weighted by Crippen LogP contribution is 2.55. The van der Waals surface area contributed by atoms with Gasteiger partial charge >= 0.3 is 0 Å². The molecule has 0 spiro atoms. The van der Waals surface area contributed by atoms with Crippen LogP contribution < -0.4 is 4.90 Å². The molecule has 2 aromatic heterocycles. The van der Waals surface area contributed by atoms with E-state index in [4.69, 9.17) is 0 Å². The highest BCUT2D eigenvalue weighted by molar-refractivity contribution is 7.26. The maximum atomic E-state index is 2.47. The van der Waals surface area contributed by atoms with E-state index in [9.17, 15) is 0 Å². The Balaban J connectivity index is 0.912. The standard InChI is InChI=1S/C66H48N2S/c1-65(2)56-24-12-9-20-51(56)63-57(65)25-15-26-60(63)67(46-35-30-42(31-36-46)47-21-14-22-50-49-19-10-13-27-62(49)69-64(47)50)45-33-28-41(29-34-45)43-32-37-59-53(38-43)54-39-52-48-18-8-11-23-55(48)66(3,4)58(52)40-61(54)68(59)44-16-6-5-7-17-44/h5-40H,1-4H3. The molecule has 2 aliphatic carbocycles. The third kappa shape index (κ3) is 5.84. The Hall–Kier alpha value is -7.98. The average molecular weight is 901 g/mol. The van der Waals surface area contributed by atoms with E-state index in [1.807, 2.05) is 11.3 Å². The fraction of sp³-hybridized carbons (Fsp3) is 0.0909. The van der Waals surface area contributed by atoms with Crippen LogP contribution in [0, 0.1) is 0 Å². The van der Waals surface area contributed by atoms with Crippen molar-refractivity contribution in [3.05, 3.63) is 241 Å². The molecule has 2 aliphatic rings. The topological polar surface area (TPSA) is 8.17 Å². The lowest BCUT2D eigenvalue weighted by Gasteiger charge is -2.29.